The minimum Gasteiger partial charge on any atom is -0.492 e. The van der Waals surface area contributed by atoms with Crippen LogP contribution in [-0.2, 0) is 10.0 Å². The molecule has 1 aromatic rings. The molecule has 0 radical (unpaired) electrons. The molecule has 1 rings (SSSR count). The zero-order chi connectivity index (χ0) is 13.6. The summed E-state index contributed by atoms with van der Waals surface area (Å²) in [5.74, 6) is 0.663. The van der Waals surface area contributed by atoms with Crippen LogP contribution in [0.3, 0.4) is 0 Å². The van der Waals surface area contributed by atoms with Crippen molar-refractivity contribution < 1.29 is 13.2 Å². The Balaban J connectivity index is 2.51. The number of sulfonamides is 1. The lowest BCUT2D eigenvalue weighted by molar-refractivity contribution is 0.308. The highest BCUT2D eigenvalue weighted by Gasteiger charge is 2.10. The molecule has 6 heteroatoms. The Morgan fingerprint density at radius 3 is 2.33 bits per heavy atom. The molecule has 0 atom stereocenters. The molecule has 0 saturated heterocycles. The van der Waals surface area contributed by atoms with E-state index in [9.17, 15) is 8.42 Å². The Hall–Kier alpha value is -1.11. The van der Waals surface area contributed by atoms with Crippen LogP contribution < -0.4 is 14.8 Å². The van der Waals surface area contributed by atoms with Crippen molar-refractivity contribution in [2.24, 2.45) is 0 Å². The van der Waals surface area contributed by atoms with Crippen molar-refractivity contribution in [1.82, 2.24) is 10.0 Å². The van der Waals surface area contributed by atoms with E-state index in [4.69, 9.17) is 4.74 Å². The molecule has 0 unspecified atom stereocenters. The predicted octanol–water partition coefficient (Wildman–Crippen LogP) is 0.971. The quantitative estimate of drug-likeness (QED) is 0.726. The van der Waals surface area contributed by atoms with Crippen LogP contribution in [0.25, 0.3) is 0 Å². The van der Waals surface area contributed by atoms with Gasteiger partial charge in [-0.3, -0.25) is 0 Å². The molecule has 0 fully saturated rings. The third-order valence-corrected chi connectivity index (χ3v) is 3.76. The summed E-state index contributed by atoms with van der Waals surface area (Å²) < 4.78 is 30.7. The Kier molecular flexibility index (Phi) is 5.58. The maximum Gasteiger partial charge on any atom is 0.240 e. The molecule has 0 bridgehead atoms. The van der Waals surface area contributed by atoms with Crippen LogP contribution >= 0.6 is 0 Å². The van der Waals surface area contributed by atoms with Gasteiger partial charge in [-0.05, 0) is 31.3 Å². The monoisotopic (exact) mass is 272 g/mol. The zero-order valence-corrected chi connectivity index (χ0v) is 11.8. The summed E-state index contributed by atoms with van der Waals surface area (Å²) in [5.41, 5.74) is 0. The van der Waals surface area contributed by atoms with Gasteiger partial charge in [0.15, 0.2) is 0 Å². The van der Waals surface area contributed by atoms with Crippen molar-refractivity contribution in [1.29, 1.82) is 0 Å². The van der Waals surface area contributed by atoms with Gasteiger partial charge in [-0.2, -0.15) is 0 Å². The predicted molar refractivity (Wildman–Crippen MR) is 71.3 cm³/mol. The van der Waals surface area contributed by atoms with Crippen LogP contribution in [-0.4, -0.2) is 34.7 Å². The number of benzene rings is 1. The maximum atomic E-state index is 11.5. The Morgan fingerprint density at radius 2 is 1.83 bits per heavy atom. The molecule has 0 amide bonds. The second kappa shape index (κ2) is 6.72. The van der Waals surface area contributed by atoms with Crippen molar-refractivity contribution in [2.45, 2.75) is 24.8 Å². The lowest BCUT2D eigenvalue weighted by atomic mass is 10.3. The van der Waals surface area contributed by atoms with E-state index in [2.05, 4.69) is 23.9 Å². The molecule has 0 aliphatic rings. The Bertz CT molecular complexity index is 455. The van der Waals surface area contributed by atoms with Crippen LogP contribution in [0.2, 0.25) is 0 Å². The highest BCUT2D eigenvalue weighted by molar-refractivity contribution is 7.89. The molecule has 102 valence electrons. The first-order valence-corrected chi connectivity index (χ1v) is 7.34. The van der Waals surface area contributed by atoms with E-state index >= 15 is 0 Å². The highest BCUT2D eigenvalue weighted by atomic mass is 32.2. The third kappa shape index (κ3) is 4.64. The van der Waals surface area contributed by atoms with Crippen LogP contribution in [0.5, 0.6) is 5.75 Å². The van der Waals surface area contributed by atoms with Crippen molar-refractivity contribution in [3.63, 3.8) is 0 Å². The van der Waals surface area contributed by atoms with Crippen molar-refractivity contribution in [3.8, 4) is 5.75 Å². The minimum atomic E-state index is -3.37. The van der Waals surface area contributed by atoms with Crippen molar-refractivity contribution >= 4 is 10.0 Å². The standard InChI is InChI=1S/C12H20N2O3S/c1-10(2)14-8-9-17-11-4-6-12(7-5-11)18(15,16)13-3/h4-7,10,13-14H,8-9H2,1-3H3. The summed E-state index contributed by atoms with van der Waals surface area (Å²) in [6.07, 6.45) is 0. The molecule has 0 aliphatic carbocycles. The lowest BCUT2D eigenvalue weighted by Gasteiger charge is -2.10. The van der Waals surface area contributed by atoms with E-state index in [-0.39, 0.29) is 4.90 Å². The smallest absolute Gasteiger partial charge is 0.240 e. The SMILES string of the molecule is CNS(=O)(=O)c1ccc(OCCNC(C)C)cc1. The minimum absolute atomic E-state index is 0.234. The largest absolute Gasteiger partial charge is 0.492 e. The summed E-state index contributed by atoms with van der Waals surface area (Å²) in [5, 5.41) is 3.23. The molecule has 0 aliphatic heterocycles. The fourth-order valence-corrected chi connectivity index (χ4v) is 2.08. The average molecular weight is 272 g/mol. The number of ether oxygens (including phenoxy) is 1. The average Bonchev–Trinajstić information content (AvgIpc) is 2.35. The summed E-state index contributed by atoms with van der Waals surface area (Å²) in [7, 11) is -1.98. The van der Waals surface area contributed by atoms with Gasteiger partial charge >= 0.3 is 0 Å². The molecule has 5 nitrogen and oxygen atoms in total. The normalized spacial score (nSPS) is 11.8. The maximum absolute atomic E-state index is 11.5. The van der Waals surface area contributed by atoms with Gasteiger partial charge in [0, 0.05) is 12.6 Å². The molecular weight excluding hydrogens is 252 g/mol. The van der Waals surface area contributed by atoms with E-state index in [1.54, 1.807) is 12.1 Å². The summed E-state index contributed by atoms with van der Waals surface area (Å²) in [4.78, 5) is 0.234. The van der Waals surface area contributed by atoms with E-state index in [1.807, 2.05) is 0 Å². The number of hydrogen-bond acceptors (Lipinski definition) is 4. The van der Waals surface area contributed by atoms with Crippen LogP contribution in [0.4, 0.5) is 0 Å². The fourth-order valence-electron chi connectivity index (χ4n) is 1.35. The first kappa shape index (κ1) is 14.9. The zero-order valence-electron chi connectivity index (χ0n) is 10.9. The third-order valence-electron chi connectivity index (χ3n) is 2.33. The molecule has 0 spiro atoms. The van der Waals surface area contributed by atoms with Gasteiger partial charge in [-0.15, -0.1) is 0 Å². The van der Waals surface area contributed by atoms with Gasteiger partial charge in [0.25, 0.3) is 0 Å². The number of hydrogen-bond donors (Lipinski definition) is 2. The van der Waals surface area contributed by atoms with E-state index < -0.39 is 10.0 Å². The Labute approximate surface area is 109 Å². The van der Waals surface area contributed by atoms with Crippen molar-refractivity contribution in [3.05, 3.63) is 24.3 Å². The first-order chi connectivity index (χ1) is 8.45. The first-order valence-electron chi connectivity index (χ1n) is 5.85. The molecule has 18 heavy (non-hydrogen) atoms. The van der Waals surface area contributed by atoms with Gasteiger partial charge in [-0.25, -0.2) is 13.1 Å². The van der Waals surface area contributed by atoms with Gasteiger partial charge in [-0.1, -0.05) is 13.8 Å². The summed E-state index contributed by atoms with van der Waals surface area (Å²) in [6.45, 7) is 5.44. The molecule has 1 aromatic carbocycles. The fraction of sp³-hybridized carbons (Fsp3) is 0.500. The van der Waals surface area contributed by atoms with Gasteiger partial charge in [0.2, 0.25) is 10.0 Å². The highest BCUT2D eigenvalue weighted by Crippen LogP contribution is 2.15. The molecular formula is C12H20N2O3S. The van der Waals surface area contributed by atoms with Gasteiger partial charge in [0.05, 0.1) is 4.90 Å². The van der Waals surface area contributed by atoms with Crippen molar-refractivity contribution in [2.75, 3.05) is 20.2 Å². The van der Waals surface area contributed by atoms with E-state index in [1.165, 1.54) is 19.2 Å². The van der Waals surface area contributed by atoms with Crippen LogP contribution in [0, 0.1) is 0 Å². The van der Waals surface area contributed by atoms with Crippen LogP contribution in [0.15, 0.2) is 29.2 Å². The molecule has 2 N–H and O–H groups in total. The molecule has 0 saturated carbocycles. The summed E-state index contributed by atoms with van der Waals surface area (Å²) >= 11 is 0. The topological polar surface area (TPSA) is 67.4 Å². The van der Waals surface area contributed by atoms with E-state index in [0.29, 0.717) is 18.4 Å². The number of nitrogens with one attached hydrogen (secondary N) is 2. The molecule has 0 aromatic heterocycles. The Morgan fingerprint density at radius 1 is 1.22 bits per heavy atom. The second-order valence-corrected chi connectivity index (χ2v) is 6.02. The second-order valence-electron chi connectivity index (χ2n) is 4.14. The van der Waals surface area contributed by atoms with Gasteiger partial charge in [0.1, 0.15) is 12.4 Å². The molecule has 0 heterocycles. The van der Waals surface area contributed by atoms with Gasteiger partial charge < -0.3 is 10.1 Å². The lowest BCUT2D eigenvalue weighted by Crippen LogP contribution is -2.27. The van der Waals surface area contributed by atoms with Crippen LogP contribution in [0.1, 0.15) is 13.8 Å². The van der Waals surface area contributed by atoms with E-state index in [0.717, 1.165) is 6.54 Å². The summed E-state index contributed by atoms with van der Waals surface area (Å²) in [6, 6.07) is 6.78. The number of rotatable bonds is 7.